The lowest BCUT2D eigenvalue weighted by Crippen LogP contribution is -2.22. The SMILES string of the molecule is CCC(C)(C)c1cc(C(C)(C)c2ccccc2)cc2nc(-c3ccccc3)oc12. The van der Waals surface area contributed by atoms with Crippen LogP contribution in [0.1, 0.15) is 57.7 Å². The highest BCUT2D eigenvalue weighted by Crippen LogP contribution is 2.40. The summed E-state index contributed by atoms with van der Waals surface area (Å²) in [7, 11) is 0. The van der Waals surface area contributed by atoms with Crippen molar-refractivity contribution in [2.45, 2.75) is 51.9 Å². The third kappa shape index (κ3) is 3.48. The van der Waals surface area contributed by atoms with E-state index in [4.69, 9.17) is 9.40 Å². The molecule has 0 N–H and O–H groups in total. The minimum Gasteiger partial charge on any atom is -0.436 e. The molecule has 0 atom stereocenters. The fourth-order valence-electron chi connectivity index (χ4n) is 3.81. The molecule has 2 heteroatoms. The van der Waals surface area contributed by atoms with Crippen LogP contribution in [0, 0.1) is 0 Å². The van der Waals surface area contributed by atoms with E-state index in [-0.39, 0.29) is 10.8 Å². The van der Waals surface area contributed by atoms with E-state index in [0.717, 1.165) is 23.1 Å². The normalized spacial score (nSPS) is 12.4. The predicted molar refractivity (Wildman–Crippen MR) is 121 cm³/mol. The smallest absolute Gasteiger partial charge is 0.227 e. The van der Waals surface area contributed by atoms with Gasteiger partial charge in [0.15, 0.2) is 5.58 Å². The highest BCUT2D eigenvalue weighted by Gasteiger charge is 2.30. The molecule has 0 unspecified atom stereocenters. The van der Waals surface area contributed by atoms with Gasteiger partial charge >= 0.3 is 0 Å². The Hall–Kier alpha value is -2.87. The molecule has 2 nitrogen and oxygen atoms in total. The van der Waals surface area contributed by atoms with Gasteiger partial charge in [-0.1, -0.05) is 89.2 Å². The van der Waals surface area contributed by atoms with Crippen LogP contribution in [-0.4, -0.2) is 4.98 Å². The van der Waals surface area contributed by atoms with Crippen molar-refractivity contribution < 1.29 is 4.42 Å². The maximum absolute atomic E-state index is 6.34. The lowest BCUT2D eigenvalue weighted by molar-refractivity contribution is 0.495. The minimum absolute atomic E-state index is 0.00544. The number of hydrogen-bond acceptors (Lipinski definition) is 2. The van der Waals surface area contributed by atoms with Crippen LogP contribution in [0.3, 0.4) is 0 Å². The lowest BCUT2D eigenvalue weighted by Gasteiger charge is -2.29. The van der Waals surface area contributed by atoms with Crippen LogP contribution in [0.25, 0.3) is 22.6 Å². The van der Waals surface area contributed by atoms with Crippen molar-refractivity contribution in [2.75, 3.05) is 0 Å². The van der Waals surface area contributed by atoms with Gasteiger partial charge in [-0.15, -0.1) is 0 Å². The summed E-state index contributed by atoms with van der Waals surface area (Å²) in [4.78, 5) is 4.89. The summed E-state index contributed by atoms with van der Waals surface area (Å²) in [6.45, 7) is 11.4. The first-order valence-electron chi connectivity index (χ1n) is 10.4. The largest absolute Gasteiger partial charge is 0.436 e. The van der Waals surface area contributed by atoms with E-state index in [2.05, 4.69) is 77.1 Å². The molecule has 0 aliphatic rings. The van der Waals surface area contributed by atoms with E-state index in [9.17, 15) is 0 Å². The maximum Gasteiger partial charge on any atom is 0.227 e. The fourth-order valence-corrected chi connectivity index (χ4v) is 3.81. The minimum atomic E-state index is -0.125. The summed E-state index contributed by atoms with van der Waals surface area (Å²) in [5.41, 5.74) is 6.50. The van der Waals surface area contributed by atoms with Crippen LogP contribution in [0.2, 0.25) is 0 Å². The fraction of sp³-hybridized carbons (Fsp3) is 0.296. The molecule has 1 aromatic heterocycles. The predicted octanol–water partition coefficient (Wildman–Crippen LogP) is 7.51. The molecule has 0 amide bonds. The quantitative estimate of drug-likeness (QED) is 0.356. The van der Waals surface area contributed by atoms with Gasteiger partial charge in [0, 0.05) is 16.5 Å². The first-order chi connectivity index (χ1) is 13.8. The lowest BCUT2D eigenvalue weighted by atomic mass is 9.74. The van der Waals surface area contributed by atoms with Crippen molar-refractivity contribution in [3.8, 4) is 11.5 Å². The highest BCUT2D eigenvalue weighted by atomic mass is 16.3. The van der Waals surface area contributed by atoms with Crippen molar-refractivity contribution in [2.24, 2.45) is 0 Å². The molecule has 0 spiro atoms. The van der Waals surface area contributed by atoms with Crippen LogP contribution in [0.4, 0.5) is 0 Å². The molecule has 0 saturated carbocycles. The van der Waals surface area contributed by atoms with Crippen molar-refractivity contribution in [1.29, 1.82) is 0 Å². The Morgan fingerprint density at radius 2 is 1.41 bits per heavy atom. The molecule has 0 radical (unpaired) electrons. The molecule has 29 heavy (non-hydrogen) atoms. The Bertz CT molecular complexity index is 1120. The number of rotatable bonds is 5. The molecule has 148 valence electrons. The van der Waals surface area contributed by atoms with E-state index in [1.165, 1.54) is 16.7 Å². The van der Waals surface area contributed by atoms with E-state index < -0.39 is 0 Å². The van der Waals surface area contributed by atoms with Gasteiger partial charge in [0.05, 0.1) is 0 Å². The molecule has 0 aliphatic carbocycles. The van der Waals surface area contributed by atoms with Crippen molar-refractivity contribution in [1.82, 2.24) is 4.98 Å². The van der Waals surface area contributed by atoms with Gasteiger partial charge in [0.1, 0.15) is 5.52 Å². The summed E-state index contributed by atoms with van der Waals surface area (Å²) in [5, 5.41) is 0. The van der Waals surface area contributed by atoms with Crippen molar-refractivity contribution >= 4 is 11.1 Å². The second-order valence-electron chi connectivity index (χ2n) is 8.99. The zero-order valence-corrected chi connectivity index (χ0v) is 18.0. The Labute approximate surface area is 173 Å². The Kier molecular flexibility index (Phi) is 4.82. The monoisotopic (exact) mass is 383 g/mol. The van der Waals surface area contributed by atoms with Gasteiger partial charge in [0.2, 0.25) is 5.89 Å². The van der Waals surface area contributed by atoms with Gasteiger partial charge in [-0.25, -0.2) is 4.98 Å². The number of hydrogen-bond donors (Lipinski definition) is 0. The Morgan fingerprint density at radius 3 is 2.03 bits per heavy atom. The van der Waals surface area contributed by atoms with Gasteiger partial charge < -0.3 is 4.42 Å². The van der Waals surface area contributed by atoms with Crippen LogP contribution >= 0.6 is 0 Å². The standard InChI is InChI=1S/C27H29NO/c1-6-26(2,3)22-17-21(27(4,5)20-15-11-8-12-16-20)18-23-24(22)29-25(28-23)19-13-9-7-10-14-19/h7-18H,6H2,1-5H3. The number of fused-ring (bicyclic) bond motifs is 1. The topological polar surface area (TPSA) is 26.0 Å². The molecule has 0 aliphatic heterocycles. The molecule has 0 fully saturated rings. The maximum atomic E-state index is 6.34. The van der Waals surface area contributed by atoms with Gasteiger partial charge in [0.25, 0.3) is 0 Å². The van der Waals surface area contributed by atoms with E-state index in [0.29, 0.717) is 5.89 Å². The molecule has 4 rings (SSSR count). The van der Waals surface area contributed by atoms with E-state index in [1.807, 2.05) is 30.3 Å². The first-order valence-corrected chi connectivity index (χ1v) is 10.4. The van der Waals surface area contributed by atoms with Crippen LogP contribution in [-0.2, 0) is 10.8 Å². The summed E-state index contributed by atoms with van der Waals surface area (Å²) in [5.74, 6) is 0.684. The molecule has 0 bridgehead atoms. The molecule has 1 heterocycles. The number of benzene rings is 3. The number of aromatic nitrogens is 1. The second-order valence-corrected chi connectivity index (χ2v) is 8.99. The van der Waals surface area contributed by atoms with Gasteiger partial charge in [-0.2, -0.15) is 0 Å². The van der Waals surface area contributed by atoms with Crippen molar-refractivity contribution in [3.63, 3.8) is 0 Å². The summed E-state index contributed by atoms with van der Waals surface area (Å²) in [6.07, 6.45) is 1.03. The molecule has 0 saturated heterocycles. The van der Waals surface area contributed by atoms with E-state index >= 15 is 0 Å². The van der Waals surface area contributed by atoms with Gasteiger partial charge in [-0.3, -0.25) is 0 Å². The summed E-state index contributed by atoms with van der Waals surface area (Å²) >= 11 is 0. The third-order valence-electron chi connectivity index (χ3n) is 6.34. The second kappa shape index (κ2) is 7.18. The zero-order chi connectivity index (χ0) is 20.6. The Morgan fingerprint density at radius 1 is 0.793 bits per heavy atom. The van der Waals surface area contributed by atoms with Gasteiger partial charge in [-0.05, 0) is 41.2 Å². The summed E-state index contributed by atoms with van der Waals surface area (Å²) in [6, 6.07) is 25.4. The zero-order valence-electron chi connectivity index (χ0n) is 18.0. The Balaban J connectivity index is 1.96. The number of oxazole rings is 1. The molecular weight excluding hydrogens is 354 g/mol. The highest BCUT2D eigenvalue weighted by molar-refractivity contribution is 5.82. The summed E-state index contributed by atoms with van der Waals surface area (Å²) < 4.78 is 6.34. The first kappa shape index (κ1) is 19.4. The number of nitrogens with zero attached hydrogens (tertiary/aromatic N) is 1. The third-order valence-corrected chi connectivity index (χ3v) is 6.34. The molecular formula is C27H29NO. The molecule has 3 aromatic carbocycles. The molecule has 4 aromatic rings. The van der Waals surface area contributed by atoms with Crippen LogP contribution in [0.5, 0.6) is 0 Å². The average molecular weight is 384 g/mol. The van der Waals surface area contributed by atoms with Crippen molar-refractivity contribution in [3.05, 3.63) is 89.5 Å². The average Bonchev–Trinajstić information content (AvgIpc) is 3.18. The van der Waals surface area contributed by atoms with Crippen LogP contribution < -0.4 is 0 Å². The van der Waals surface area contributed by atoms with Crippen LogP contribution in [0.15, 0.2) is 77.2 Å². The van der Waals surface area contributed by atoms with E-state index in [1.54, 1.807) is 0 Å².